The fraction of sp³-hybridized carbons (Fsp3) is 0.200. The molecule has 158 valence electrons. The first-order chi connectivity index (χ1) is 15.5. The van der Waals surface area contributed by atoms with Crippen LogP contribution in [0.15, 0.2) is 55.1 Å². The van der Waals surface area contributed by atoms with Crippen LogP contribution in [-0.2, 0) is 7.05 Å². The first-order valence-corrected chi connectivity index (χ1v) is 10.4. The summed E-state index contributed by atoms with van der Waals surface area (Å²) in [6.45, 7) is 4.26. The zero-order valence-electron chi connectivity index (χ0n) is 18.4. The van der Waals surface area contributed by atoms with E-state index in [9.17, 15) is 5.26 Å². The van der Waals surface area contributed by atoms with Crippen molar-refractivity contribution in [1.29, 1.82) is 5.26 Å². The number of hydrogen-bond donors (Lipinski definition) is 0. The zero-order valence-corrected chi connectivity index (χ0v) is 18.4. The molecular formula is C25H22N6O. The summed E-state index contributed by atoms with van der Waals surface area (Å²) >= 11 is 0. The van der Waals surface area contributed by atoms with Gasteiger partial charge in [-0.3, -0.25) is 4.40 Å². The van der Waals surface area contributed by atoms with E-state index in [1.165, 1.54) is 0 Å². The number of methoxy groups -OCH3 is 1. The van der Waals surface area contributed by atoms with Gasteiger partial charge in [-0.2, -0.15) is 5.26 Å². The van der Waals surface area contributed by atoms with Crippen LogP contribution in [0.25, 0.3) is 39.1 Å². The average Bonchev–Trinajstić information content (AvgIpc) is 3.43. The number of benzene rings is 1. The van der Waals surface area contributed by atoms with Gasteiger partial charge in [0.1, 0.15) is 22.6 Å². The summed E-state index contributed by atoms with van der Waals surface area (Å²) < 4.78 is 9.72. The summed E-state index contributed by atoms with van der Waals surface area (Å²) in [5, 5.41) is 9.19. The molecule has 4 aromatic heterocycles. The Kier molecular flexibility index (Phi) is 4.63. The Morgan fingerprint density at radius 3 is 2.53 bits per heavy atom. The molecule has 0 spiro atoms. The zero-order chi connectivity index (χ0) is 22.4. The molecule has 0 atom stereocenters. The van der Waals surface area contributed by atoms with Crippen LogP contribution in [0.3, 0.4) is 0 Å². The van der Waals surface area contributed by atoms with Crippen LogP contribution >= 0.6 is 0 Å². The summed E-state index contributed by atoms with van der Waals surface area (Å²) in [6, 6.07) is 13.8. The van der Waals surface area contributed by atoms with E-state index >= 15 is 0 Å². The lowest BCUT2D eigenvalue weighted by atomic mass is 9.98. The highest BCUT2D eigenvalue weighted by Crippen LogP contribution is 2.38. The monoisotopic (exact) mass is 422 g/mol. The van der Waals surface area contributed by atoms with Gasteiger partial charge in [-0.25, -0.2) is 15.0 Å². The number of pyridine rings is 2. The molecule has 7 heteroatoms. The molecule has 4 heterocycles. The second-order valence-corrected chi connectivity index (χ2v) is 8.06. The van der Waals surface area contributed by atoms with Crippen molar-refractivity contribution in [2.45, 2.75) is 19.8 Å². The summed E-state index contributed by atoms with van der Waals surface area (Å²) in [5.41, 5.74) is 6.98. The van der Waals surface area contributed by atoms with Gasteiger partial charge >= 0.3 is 0 Å². The molecule has 0 bridgehead atoms. The van der Waals surface area contributed by atoms with Crippen LogP contribution in [0, 0.1) is 11.3 Å². The highest BCUT2D eigenvalue weighted by Gasteiger charge is 2.19. The van der Waals surface area contributed by atoms with Crippen LogP contribution in [0.1, 0.15) is 31.2 Å². The molecule has 1 aromatic carbocycles. The maximum absolute atomic E-state index is 9.19. The first kappa shape index (κ1) is 19.8. The number of fused-ring (bicyclic) bond motifs is 2. The third-order valence-electron chi connectivity index (χ3n) is 5.74. The molecule has 0 unspecified atom stereocenters. The van der Waals surface area contributed by atoms with E-state index < -0.39 is 0 Å². The molecule has 0 saturated heterocycles. The van der Waals surface area contributed by atoms with Crippen LogP contribution in [-0.4, -0.2) is 31.0 Å². The summed E-state index contributed by atoms with van der Waals surface area (Å²) in [5.74, 6) is 2.02. The predicted octanol–water partition coefficient (Wildman–Crippen LogP) is 4.95. The molecule has 0 saturated carbocycles. The van der Waals surface area contributed by atoms with Crippen LogP contribution in [0.2, 0.25) is 0 Å². The van der Waals surface area contributed by atoms with Gasteiger partial charge in [0.2, 0.25) is 0 Å². The minimum Gasteiger partial charge on any atom is -0.494 e. The standard InChI is InChI=1S/C25H22N6O/c1-15(2)24-29-20-9-18(12-28-25(20)30(24)3)23-19(17-7-5-16(11-26)6-8-17)10-22(32-4)21-13-27-14-31(21)23/h5-10,12-15H,1-4H3. The Hall–Kier alpha value is -4.18. The Bertz CT molecular complexity index is 1500. The maximum atomic E-state index is 9.19. The van der Waals surface area contributed by atoms with Gasteiger partial charge in [0, 0.05) is 30.3 Å². The lowest BCUT2D eigenvalue weighted by molar-refractivity contribution is 0.418. The highest BCUT2D eigenvalue weighted by molar-refractivity contribution is 5.88. The largest absolute Gasteiger partial charge is 0.494 e. The molecule has 7 nitrogen and oxygen atoms in total. The second-order valence-electron chi connectivity index (χ2n) is 8.06. The third-order valence-corrected chi connectivity index (χ3v) is 5.74. The molecular weight excluding hydrogens is 400 g/mol. The molecule has 0 aliphatic heterocycles. The van der Waals surface area contributed by atoms with Crippen LogP contribution in [0.5, 0.6) is 5.75 Å². The molecule has 5 rings (SSSR count). The minimum absolute atomic E-state index is 0.299. The van der Waals surface area contributed by atoms with Crippen molar-refractivity contribution < 1.29 is 4.74 Å². The van der Waals surface area contributed by atoms with E-state index in [4.69, 9.17) is 14.7 Å². The van der Waals surface area contributed by atoms with Gasteiger partial charge in [-0.15, -0.1) is 0 Å². The van der Waals surface area contributed by atoms with Crippen LogP contribution in [0.4, 0.5) is 0 Å². The fourth-order valence-electron chi connectivity index (χ4n) is 4.20. The number of rotatable bonds is 4. The number of ether oxygens (including phenoxy) is 1. The summed E-state index contributed by atoms with van der Waals surface area (Å²) in [7, 11) is 3.65. The normalized spacial score (nSPS) is 11.4. The van der Waals surface area contributed by atoms with E-state index in [1.54, 1.807) is 19.6 Å². The smallest absolute Gasteiger partial charge is 0.159 e. The molecule has 0 N–H and O–H groups in total. The van der Waals surface area contributed by atoms with E-state index in [2.05, 4.69) is 31.0 Å². The molecule has 0 aliphatic carbocycles. The Balaban J connectivity index is 1.81. The van der Waals surface area contributed by atoms with Crippen molar-refractivity contribution in [3.8, 4) is 34.2 Å². The summed E-state index contributed by atoms with van der Waals surface area (Å²) in [4.78, 5) is 13.9. The summed E-state index contributed by atoms with van der Waals surface area (Å²) in [6.07, 6.45) is 5.44. The number of aromatic nitrogens is 5. The fourth-order valence-corrected chi connectivity index (χ4v) is 4.20. The van der Waals surface area contributed by atoms with Gasteiger partial charge in [0.15, 0.2) is 5.65 Å². The molecule has 32 heavy (non-hydrogen) atoms. The first-order valence-electron chi connectivity index (χ1n) is 10.4. The van der Waals surface area contributed by atoms with E-state index in [-0.39, 0.29) is 0 Å². The molecule has 0 radical (unpaired) electrons. The van der Waals surface area contributed by atoms with Crippen molar-refractivity contribution in [3.05, 3.63) is 66.5 Å². The SMILES string of the molecule is COc1cc(-c2ccc(C#N)cc2)c(-c2cnc3c(c2)nc(C(C)C)n3C)n2cncc12. The molecule has 5 aromatic rings. The Labute approximate surface area is 185 Å². The minimum atomic E-state index is 0.299. The number of aryl methyl sites for hydroxylation is 1. The maximum Gasteiger partial charge on any atom is 0.159 e. The Morgan fingerprint density at radius 1 is 1.06 bits per heavy atom. The topological polar surface area (TPSA) is 81.0 Å². The van der Waals surface area contributed by atoms with Gasteiger partial charge in [0.25, 0.3) is 0 Å². The molecule has 0 amide bonds. The van der Waals surface area contributed by atoms with E-state index in [0.717, 1.165) is 50.6 Å². The van der Waals surface area contributed by atoms with Crippen LogP contribution < -0.4 is 4.74 Å². The number of hydrogen-bond acceptors (Lipinski definition) is 5. The molecule has 0 fully saturated rings. The van der Waals surface area contributed by atoms with E-state index in [1.807, 2.05) is 52.5 Å². The van der Waals surface area contributed by atoms with Crippen molar-refractivity contribution in [2.24, 2.45) is 7.05 Å². The van der Waals surface area contributed by atoms with Crippen molar-refractivity contribution >= 4 is 16.7 Å². The second kappa shape index (κ2) is 7.50. The van der Waals surface area contributed by atoms with Crippen molar-refractivity contribution in [2.75, 3.05) is 7.11 Å². The lowest BCUT2D eigenvalue weighted by Crippen LogP contribution is -2.00. The molecule has 0 aliphatic rings. The quantitative estimate of drug-likeness (QED) is 0.409. The van der Waals surface area contributed by atoms with E-state index in [0.29, 0.717) is 11.5 Å². The third kappa shape index (κ3) is 3.00. The van der Waals surface area contributed by atoms with Gasteiger partial charge in [-0.1, -0.05) is 26.0 Å². The number of nitriles is 1. The lowest BCUT2D eigenvalue weighted by Gasteiger charge is -2.16. The van der Waals surface area contributed by atoms with Gasteiger partial charge in [-0.05, 0) is 29.8 Å². The average molecular weight is 422 g/mol. The number of nitrogens with zero attached hydrogens (tertiary/aromatic N) is 6. The predicted molar refractivity (Wildman–Crippen MR) is 123 cm³/mol. The van der Waals surface area contributed by atoms with Gasteiger partial charge < -0.3 is 9.30 Å². The van der Waals surface area contributed by atoms with Crippen molar-refractivity contribution in [1.82, 2.24) is 23.9 Å². The Morgan fingerprint density at radius 2 is 1.84 bits per heavy atom. The van der Waals surface area contributed by atoms with Crippen molar-refractivity contribution in [3.63, 3.8) is 0 Å². The number of imidazole rings is 2. The highest BCUT2D eigenvalue weighted by atomic mass is 16.5. The van der Waals surface area contributed by atoms with Gasteiger partial charge in [0.05, 0.1) is 37.0 Å².